The maximum atomic E-state index is 14.0. The number of hydrogen-bond donors (Lipinski definition) is 1. The third-order valence-corrected chi connectivity index (χ3v) is 31.6. The molecule has 0 radical (unpaired) electrons. The second-order valence-electron chi connectivity index (χ2n) is 8.21. The Kier molecular flexibility index (Phi) is 7.49. The topological polar surface area (TPSA) is 63.4 Å². The molecule has 1 heterocycles. The average Bonchev–Trinajstić information content (AvgIpc) is 3.01. The van der Waals surface area contributed by atoms with Gasteiger partial charge in [0.2, 0.25) is 0 Å². The van der Waals surface area contributed by atoms with E-state index in [1.807, 2.05) is 29.7 Å². The SMILES string of the molecule is CCC[CH2][Sn]1([CH2]CCC(C)C)[S]c2ccccc2[N]1S(=O)(=O)c1ccccc1N. The minimum atomic E-state index is -3.69. The van der Waals surface area contributed by atoms with Gasteiger partial charge in [0.05, 0.1) is 0 Å². The molecule has 0 saturated carbocycles. The Morgan fingerprint density at radius 2 is 1.69 bits per heavy atom. The first-order valence-corrected chi connectivity index (χ1v) is 21.6. The Morgan fingerprint density at radius 1 is 1.03 bits per heavy atom. The van der Waals surface area contributed by atoms with E-state index in [4.69, 9.17) is 5.73 Å². The fourth-order valence-corrected chi connectivity index (χ4v) is 34.1. The molecule has 0 amide bonds. The van der Waals surface area contributed by atoms with E-state index >= 15 is 0 Å². The maximum absolute atomic E-state index is 14.0. The van der Waals surface area contributed by atoms with Crippen LogP contribution in [0.3, 0.4) is 0 Å². The molecule has 29 heavy (non-hydrogen) atoms. The fraction of sp³-hybridized carbons (Fsp3) is 0.455. The third-order valence-electron chi connectivity index (χ3n) is 5.46. The molecule has 158 valence electrons. The number of hydrogen-bond acceptors (Lipinski definition) is 4. The van der Waals surface area contributed by atoms with E-state index in [1.54, 1.807) is 24.3 Å². The van der Waals surface area contributed by atoms with E-state index in [1.165, 1.54) is 0 Å². The average molecular weight is 539 g/mol. The molecule has 2 aromatic carbocycles. The van der Waals surface area contributed by atoms with Gasteiger partial charge in [-0.25, -0.2) is 0 Å². The summed E-state index contributed by atoms with van der Waals surface area (Å²) < 4.78 is 31.9. The van der Waals surface area contributed by atoms with Crippen molar-refractivity contribution < 1.29 is 8.42 Å². The molecule has 3 rings (SSSR count). The Balaban J connectivity index is 2.12. The number of sulfonamides is 1. The van der Waals surface area contributed by atoms with Gasteiger partial charge < -0.3 is 0 Å². The molecule has 0 spiro atoms. The molecule has 0 fully saturated rings. The van der Waals surface area contributed by atoms with Gasteiger partial charge in [-0.1, -0.05) is 0 Å². The van der Waals surface area contributed by atoms with Crippen LogP contribution in [0.1, 0.15) is 46.5 Å². The van der Waals surface area contributed by atoms with Crippen LogP contribution in [-0.4, -0.2) is 25.7 Å². The molecular weight excluding hydrogens is 507 g/mol. The summed E-state index contributed by atoms with van der Waals surface area (Å²) in [6.07, 6.45) is 4.40. The Hall–Kier alpha value is -0.861. The van der Waals surface area contributed by atoms with E-state index in [2.05, 4.69) is 26.8 Å². The van der Waals surface area contributed by atoms with Crippen LogP contribution in [0, 0.1) is 5.92 Å². The standard InChI is InChI=1S/C12H11N2O2S2.C6H13.C4H9.Sn/c13-9-5-1-4-8-12(9)18(15,16)14-10-6-2-3-7-11(10)17;1-4-5-6(2)3;1-3-4-2;/h1-8,17H,13H2;6H,1,4-5H2,2-3H3;1,3-4H2,2H3;/q-1;;;+2/p-1. The number of fused-ring (bicyclic) bond motifs is 1. The summed E-state index contributed by atoms with van der Waals surface area (Å²) >= 11 is -3.35. The summed E-state index contributed by atoms with van der Waals surface area (Å²) in [5, 5.41) is 0. The second kappa shape index (κ2) is 9.52. The molecule has 2 aromatic rings. The number of nitrogens with zero attached hydrogens (tertiary/aromatic N) is 1. The van der Waals surface area contributed by atoms with Crippen LogP contribution in [0.4, 0.5) is 11.4 Å². The minimum absolute atomic E-state index is 0.249. The molecule has 0 bridgehead atoms. The van der Waals surface area contributed by atoms with Gasteiger partial charge in [0, 0.05) is 0 Å². The van der Waals surface area contributed by atoms with Gasteiger partial charge in [-0.3, -0.25) is 0 Å². The zero-order chi connectivity index (χ0) is 21.1. The Labute approximate surface area is 183 Å². The van der Waals surface area contributed by atoms with Crippen LogP contribution < -0.4 is 8.26 Å². The van der Waals surface area contributed by atoms with Crippen molar-refractivity contribution in [2.24, 2.45) is 5.92 Å². The number of rotatable bonds is 9. The van der Waals surface area contributed by atoms with Crippen LogP contribution in [0.15, 0.2) is 58.3 Å². The molecule has 1 aliphatic rings. The second-order valence-corrected chi connectivity index (χ2v) is 27.9. The number of benzene rings is 2. The van der Waals surface area contributed by atoms with Gasteiger partial charge in [0.15, 0.2) is 0 Å². The Bertz CT molecular complexity index is 949. The number of anilines is 2. The van der Waals surface area contributed by atoms with Crippen molar-refractivity contribution in [2.75, 3.05) is 8.26 Å². The monoisotopic (exact) mass is 540 g/mol. The van der Waals surface area contributed by atoms with Crippen molar-refractivity contribution in [3.63, 3.8) is 0 Å². The summed E-state index contributed by atoms with van der Waals surface area (Å²) in [5.74, 6) is 0.633. The number of para-hydroxylation sites is 2. The number of unbranched alkanes of at least 4 members (excludes halogenated alkanes) is 1. The molecule has 1 aliphatic heterocycles. The Morgan fingerprint density at radius 3 is 2.38 bits per heavy atom. The van der Waals surface area contributed by atoms with Crippen LogP contribution in [0.2, 0.25) is 8.87 Å². The zero-order valence-corrected chi connectivity index (χ0v) is 22.1. The van der Waals surface area contributed by atoms with Gasteiger partial charge in [-0.15, -0.1) is 0 Å². The van der Waals surface area contributed by atoms with Crippen LogP contribution in [0.25, 0.3) is 0 Å². The van der Waals surface area contributed by atoms with Crippen LogP contribution >= 0.6 is 8.95 Å². The van der Waals surface area contributed by atoms with E-state index in [0.717, 1.165) is 45.1 Å². The van der Waals surface area contributed by atoms with Crippen molar-refractivity contribution >= 4 is 47.6 Å². The predicted molar refractivity (Wildman–Crippen MR) is 127 cm³/mol. The number of nitrogens with two attached hydrogens (primary N) is 1. The van der Waals surface area contributed by atoms with Gasteiger partial charge in [-0.05, 0) is 0 Å². The van der Waals surface area contributed by atoms with Gasteiger partial charge in [0.1, 0.15) is 0 Å². The summed E-state index contributed by atoms with van der Waals surface area (Å²) in [6, 6.07) is 14.9. The first-order valence-electron chi connectivity index (χ1n) is 10.5. The molecular formula is C22H32N2O2S2Sn. The summed E-state index contributed by atoms with van der Waals surface area (Å²) in [7, 11) is -1.76. The molecule has 1 atom stereocenters. The molecule has 0 aliphatic carbocycles. The first-order chi connectivity index (χ1) is 13.8. The van der Waals surface area contributed by atoms with E-state index in [-0.39, 0.29) is 4.90 Å². The van der Waals surface area contributed by atoms with Crippen molar-refractivity contribution in [3.05, 3.63) is 48.5 Å². The molecule has 4 nitrogen and oxygen atoms in total. The first kappa shape index (κ1) is 22.8. The normalized spacial score (nSPS) is 19.0. The zero-order valence-electron chi connectivity index (χ0n) is 17.6. The quantitative estimate of drug-likeness (QED) is 0.303. The third kappa shape index (κ3) is 4.74. The van der Waals surface area contributed by atoms with Crippen LogP contribution in [0.5, 0.6) is 0 Å². The summed E-state index contributed by atoms with van der Waals surface area (Å²) in [6.45, 7) is 6.67. The van der Waals surface area contributed by atoms with Crippen molar-refractivity contribution in [1.29, 1.82) is 0 Å². The molecule has 2 N–H and O–H groups in total. The van der Waals surface area contributed by atoms with Gasteiger partial charge in [0.25, 0.3) is 0 Å². The van der Waals surface area contributed by atoms with E-state index < -0.39 is 27.3 Å². The van der Waals surface area contributed by atoms with Crippen molar-refractivity contribution in [1.82, 2.24) is 0 Å². The molecule has 1 unspecified atom stereocenters. The summed E-state index contributed by atoms with van der Waals surface area (Å²) in [4.78, 5) is 1.38. The molecule has 0 aromatic heterocycles. The summed E-state index contributed by atoms with van der Waals surface area (Å²) in [5.41, 5.74) is 7.34. The fourth-order valence-electron chi connectivity index (χ4n) is 4.01. The molecule has 7 heteroatoms. The van der Waals surface area contributed by atoms with Crippen molar-refractivity contribution in [2.45, 2.75) is 65.1 Å². The van der Waals surface area contributed by atoms with E-state index in [0.29, 0.717) is 11.6 Å². The van der Waals surface area contributed by atoms with Gasteiger partial charge in [-0.2, -0.15) is 0 Å². The number of nitrogen functional groups attached to an aromatic ring is 1. The van der Waals surface area contributed by atoms with Crippen LogP contribution in [-0.2, 0) is 10.0 Å². The van der Waals surface area contributed by atoms with E-state index in [9.17, 15) is 8.42 Å². The predicted octanol–water partition coefficient (Wildman–Crippen LogP) is 6.25. The van der Waals surface area contributed by atoms with Gasteiger partial charge >= 0.3 is 184 Å². The van der Waals surface area contributed by atoms with Crippen molar-refractivity contribution in [3.8, 4) is 0 Å². The molecule has 0 saturated heterocycles.